The van der Waals surface area contributed by atoms with Crippen LogP contribution in [-0.2, 0) is 0 Å². The Labute approximate surface area is 97.5 Å². The number of anilines is 1. The van der Waals surface area contributed by atoms with Gasteiger partial charge in [-0.05, 0) is 24.6 Å². The van der Waals surface area contributed by atoms with Crippen molar-refractivity contribution in [3.8, 4) is 6.07 Å². The molecule has 1 aromatic carbocycles. The van der Waals surface area contributed by atoms with Crippen molar-refractivity contribution in [2.24, 2.45) is 11.7 Å². The average Bonchev–Trinajstić information content (AvgIpc) is 2.35. The monoisotopic (exact) mass is 217 g/mol. The maximum atomic E-state index is 8.65. The molecule has 0 aromatic heterocycles. The number of para-hydroxylation sites is 1. The molecule has 2 N–H and O–H groups in total. The van der Waals surface area contributed by atoms with E-state index >= 15 is 0 Å². The van der Waals surface area contributed by atoms with Gasteiger partial charge in [-0.25, -0.2) is 0 Å². The fourth-order valence-corrected chi connectivity index (χ4v) is 1.60. The molecule has 0 amide bonds. The second-order valence-electron chi connectivity index (χ2n) is 4.03. The van der Waals surface area contributed by atoms with Crippen LogP contribution in [0.1, 0.15) is 13.3 Å². The van der Waals surface area contributed by atoms with E-state index in [1.807, 2.05) is 18.2 Å². The van der Waals surface area contributed by atoms with Crippen LogP contribution in [0.15, 0.2) is 30.3 Å². The largest absolute Gasteiger partial charge is 0.370 e. The summed E-state index contributed by atoms with van der Waals surface area (Å²) in [5, 5.41) is 8.65. The lowest BCUT2D eigenvalue weighted by molar-refractivity contribution is 0.571. The van der Waals surface area contributed by atoms with Crippen LogP contribution in [0.25, 0.3) is 0 Å². The molecular formula is C13H19N3. The van der Waals surface area contributed by atoms with E-state index < -0.39 is 0 Å². The Morgan fingerprint density at radius 1 is 1.38 bits per heavy atom. The number of nitriles is 1. The van der Waals surface area contributed by atoms with E-state index in [2.05, 4.69) is 30.0 Å². The fraction of sp³-hybridized carbons (Fsp3) is 0.462. The Morgan fingerprint density at radius 3 is 2.62 bits per heavy atom. The number of benzene rings is 1. The van der Waals surface area contributed by atoms with Crippen LogP contribution < -0.4 is 10.6 Å². The Morgan fingerprint density at radius 2 is 2.06 bits per heavy atom. The zero-order valence-electron chi connectivity index (χ0n) is 9.76. The lowest BCUT2D eigenvalue weighted by atomic mass is 10.1. The molecular weight excluding hydrogens is 198 g/mol. The highest BCUT2D eigenvalue weighted by molar-refractivity contribution is 5.46. The van der Waals surface area contributed by atoms with E-state index in [1.54, 1.807) is 0 Å². The van der Waals surface area contributed by atoms with Gasteiger partial charge in [0.25, 0.3) is 0 Å². The average molecular weight is 217 g/mol. The van der Waals surface area contributed by atoms with Gasteiger partial charge in [-0.1, -0.05) is 25.1 Å². The van der Waals surface area contributed by atoms with Gasteiger partial charge in [0.1, 0.15) is 0 Å². The summed E-state index contributed by atoms with van der Waals surface area (Å²) in [5.41, 5.74) is 6.80. The highest BCUT2D eigenvalue weighted by Crippen LogP contribution is 2.15. The lowest BCUT2D eigenvalue weighted by Crippen LogP contribution is -2.32. The van der Waals surface area contributed by atoms with E-state index in [0.717, 1.165) is 18.8 Å². The van der Waals surface area contributed by atoms with Gasteiger partial charge in [-0.2, -0.15) is 5.26 Å². The van der Waals surface area contributed by atoms with Gasteiger partial charge < -0.3 is 10.6 Å². The van der Waals surface area contributed by atoms with Gasteiger partial charge in [0.2, 0.25) is 0 Å². The molecule has 0 saturated carbocycles. The number of hydrogen-bond acceptors (Lipinski definition) is 3. The Kier molecular flexibility index (Phi) is 5.38. The molecule has 0 aliphatic rings. The molecule has 0 heterocycles. The van der Waals surface area contributed by atoms with Crippen molar-refractivity contribution in [2.75, 3.05) is 24.5 Å². The first-order chi connectivity index (χ1) is 7.77. The predicted octanol–water partition coefficient (Wildman–Crippen LogP) is 2.00. The van der Waals surface area contributed by atoms with E-state index in [9.17, 15) is 0 Å². The standard InChI is InChI=1S/C13H19N3/c1-12(10-15)11-16(9-5-8-14)13-6-3-2-4-7-13/h2-4,6-7,12H,5,9-11,15H2,1H3. The van der Waals surface area contributed by atoms with Crippen molar-refractivity contribution >= 4 is 5.69 Å². The summed E-state index contributed by atoms with van der Waals surface area (Å²) in [6.45, 7) is 4.48. The Hall–Kier alpha value is -1.53. The van der Waals surface area contributed by atoms with Crippen LogP contribution in [0.3, 0.4) is 0 Å². The number of hydrogen-bond donors (Lipinski definition) is 1. The third kappa shape index (κ3) is 3.92. The molecule has 0 aliphatic heterocycles. The fourth-order valence-electron chi connectivity index (χ4n) is 1.60. The topological polar surface area (TPSA) is 53.0 Å². The minimum absolute atomic E-state index is 0.443. The van der Waals surface area contributed by atoms with Gasteiger partial charge in [-0.15, -0.1) is 0 Å². The normalized spacial score (nSPS) is 11.8. The van der Waals surface area contributed by atoms with E-state index in [0.29, 0.717) is 18.9 Å². The number of nitrogens with zero attached hydrogens (tertiary/aromatic N) is 2. The summed E-state index contributed by atoms with van der Waals surface area (Å²) < 4.78 is 0. The van der Waals surface area contributed by atoms with Crippen molar-refractivity contribution in [1.82, 2.24) is 0 Å². The van der Waals surface area contributed by atoms with E-state index in [4.69, 9.17) is 11.0 Å². The molecule has 0 bridgehead atoms. The van der Waals surface area contributed by atoms with Gasteiger partial charge in [0.15, 0.2) is 0 Å². The molecule has 1 unspecified atom stereocenters. The first-order valence-electron chi connectivity index (χ1n) is 5.65. The van der Waals surface area contributed by atoms with E-state index in [1.165, 1.54) is 0 Å². The highest BCUT2D eigenvalue weighted by Gasteiger charge is 2.09. The Balaban J connectivity index is 2.68. The second-order valence-corrected chi connectivity index (χ2v) is 4.03. The molecule has 3 heteroatoms. The van der Waals surface area contributed by atoms with Gasteiger partial charge >= 0.3 is 0 Å². The molecule has 0 aliphatic carbocycles. The summed E-state index contributed by atoms with van der Waals surface area (Å²) >= 11 is 0. The first-order valence-corrected chi connectivity index (χ1v) is 5.65. The molecule has 0 fully saturated rings. The van der Waals surface area contributed by atoms with Gasteiger partial charge in [0, 0.05) is 18.8 Å². The van der Waals surface area contributed by atoms with Crippen LogP contribution >= 0.6 is 0 Å². The number of nitrogens with two attached hydrogens (primary N) is 1. The summed E-state index contributed by atoms with van der Waals surface area (Å²) in [7, 11) is 0. The minimum atomic E-state index is 0.443. The Bertz CT molecular complexity index is 329. The molecule has 0 spiro atoms. The zero-order valence-corrected chi connectivity index (χ0v) is 9.76. The summed E-state index contributed by atoms with van der Waals surface area (Å²) in [6.07, 6.45) is 0.548. The van der Waals surface area contributed by atoms with Crippen LogP contribution in [0.4, 0.5) is 5.69 Å². The van der Waals surface area contributed by atoms with Crippen molar-refractivity contribution in [1.29, 1.82) is 5.26 Å². The molecule has 0 radical (unpaired) electrons. The smallest absolute Gasteiger partial charge is 0.0640 e. The molecule has 1 atom stereocenters. The van der Waals surface area contributed by atoms with Crippen LogP contribution in [0, 0.1) is 17.2 Å². The van der Waals surface area contributed by atoms with Crippen molar-refractivity contribution in [3.05, 3.63) is 30.3 Å². The molecule has 1 rings (SSSR count). The summed E-state index contributed by atoms with van der Waals surface area (Å²) in [6, 6.07) is 12.4. The van der Waals surface area contributed by atoms with Crippen LogP contribution in [0.5, 0.6) is 0 Å². The number of rotatable bonds is 6. The lowest BCUT2D eigenvalue weighted by Gasteiger charge is -2.26. The third-order valence-corrected chi connectivity index (χ3v) is 2.55. The van der Waals surface area contributed by atoms with Crippen molar-refractivity contribution in [3.63, 3.8) is 0 Å². The third-order valence-electron chi connectivity index (χ3n) is 2.55. The predicted molar refractivity (Wildman–Crippen MR) is 67.1 cm³/mol. The highest BCUT2D eigenvalue weighted by atomic mass is 15.1. The van der Waals surface area contributed by atoms with Gasteiger partial charge in [0.05, 0.1) is 12.5 Å². The van der Waals surface area contributed by atoms with Crippen molar-refractivity contribution < 1.29 is 0 Å². The van der Waals surface area contributed by atoms with Gasteiger partial charge in [-0.3, -0.25) is 0 Å². The quantitative estimate of drug-likeness (QED) is 0.793. The molecule has 16 heavy (non-hydrogen) atoms. The summed E-state index contributed by atoms with van der Waals surface area (Å²) in [5.74, 6) is 0.443. The summed E-state index contributed by atoms with van der Waals surface area (Å²) in [4.78, 5) is 2.22. The van der Waals surface area contributed by atoms with Crippen LogP contribution in [0.2, 0.25) is 0 Å². The maximum Gasteiger partial charge on any atom is 0.0640 e. The molecule has 86 valence electrons. The molecule has 1 aromatic rings. The second kappa shape index (κ2) is 6.86. The molecule has 3 nitrogen and oxygen atoms in total. The first kappa shape index (κ1) is 12.5. The SMILES string of the molecule is CC(CN)CN(CCC#N)c1ccccc1. The maximum absolute atomic E-state index is 8.65. The van der Waals surface area contributed by atoms with E-state index in [-0.39, 0.29) is 0 Å². The zero-order chi connectivity index (χ0) is 11.8. The van der Waals surface area contributed by atoms with Crippen molar-refractivity contribution in [2.45, 2.75) is 13.3 Å². The minimum Gasteiger partial charge on any atom is -0.370 e. The van der Waals surface area contributed by atoms with Crippen LogP contribution in [-0.4, -0.2) is 19.6 Å². The molecule has 0 saturated heterocycles.